The van der Waals surface area contributed by atoms with Crippen LogP contribution in [0.25, 0.3) is 0 Å². The van der Waals surface area contributed by atoms with Gasteiger partial charge in [0.05, 0.1) is 16.9 Å². The molecule has 1 heterocycles. The van der Waals surface area contributed by atoms with Gasteiger partial charge in [0.25, 0.3) is 0 Å². The van der Waals surface area contributed by atoms with Crippen molar-refractivity contribution in [3.05, 3.63) is 27.2 Å². The Kier molecular flexibility index (Phi) is 7.21. The highest BCUT2D eigenvalue weighted by Crippen LogP contribution is 2.60. The Bertz CT molecular complexity index is 896. The zero-order chi connectivity index (χ0) is 22.4. The molecule has 31 heavy (non-hydrogen) atoms. The summed E-state index contributed by atoms with van der Waals surface area (Å²) in [4.78, 5) is 40.0. The minimum atomic E-state index is -0.151. The zero-order valence-corrected chi connectivity index (χ0v) is 22.6. The van der Waals surface area contributed by atoms with Gasteiger partial charge in [-0.3, -0.25) is 19.3 Å². The van der Waals surface area contributed by atoms with Crippen molar-refractivity contribution in [1.82, 2.24) is 4.90 Å². The van der Waals surface area contributed by atoms with Crippen LogP contribution in [-0.4, -0.2) is 38.8 Å². The van der Waals surface area contributed by atoms with Crippen LogP contribution in [-0.2, 0) is 14.4 Å². The first-order valence-electron chi connectivity index (χ1n) is 10.6. The van der Waals surface area contributed by atoms with E-state index in [1.807, 2.05) is 13.0 Å². The molecule has 2 saturated carbocycles. The summed E-state index contributed by atoms with van der Waals surface area (Å²) in [6.07, 6.45) is 3.55. The molecule has 0 aromatic heterocycles. The van der Waals surface area contributed by atoms with Crippen LogP contribution in [0.5, 0.6) is 0 Å². The number of imide groups is 1. The molecule has 0 radical (unpaired) electrons. The molecule has 4 rings (SSSR count). The van der Waals surface area contributed by atoms with E-state index in [1.165, 1.54) is 4.90 Å². The Balaban J connectivity index is 1.22. The quantitative estimate of drug-likeness (QED) is 0.237. The van der Waals surface area contributed by atoms with Gasteiger partial charge in [-0.2, -0.15) is 0 Å². The number of likely N-dealkylation sites (tertiary alicyclic amines) is 1. The summed E-state index contributed by atoms with van der Waals surface area (Å²) >= 11 is 16.9. The van der Waals surface area contributed by atoms with Crippen LogP contribution in [0.3, 0.4) is 0 Å². The van der Waals surface area contributed by atoms with E-state index in [2.05, 4.69) is 53.1 Å². The highest BCUT2D eigenvalue weighted by atomic mass is 79.9. The van der Waals surface area contributed by atoms with Crippen molar-refractivity contribution in [1.29, 1.82) is 0 Å². The van der Waals surface area contributed by atoms with Crippen LogP contribution < -0.4 is 5.32 Å². The van der Waals surface area contributed by atoms with Gasteiger partial charge < -0.3 is 5.32 Å². The molecule has 3 fully saturated rings. The van der Waals surface area contributed by atoms with Gasteiger partial charge in [0, 0.05) is 32.8 Å². The monoisotopic (exact) mass is 636 g/mol. The summed E-state index contributed by atoms with van der Waals surface area (Å²) < 4.78 is 0.797. The number of anilines is 1. The van der Waals surface area contributed by atoms with Gasteiger partial charge in [0.1, 0.15) is 0 Å². The third-order valence-corrected chi connectivity index (χ3v) is 11.3. The van der Waals surface area contributed by atoms with Crippen molar-refractivity contribution in [2.24, 2.45) is 23.7 Å². The highest BCUT2D eigenvalue weighted by molar-refractivity contribution is 9.12. The summed E-state index contributed by atoms with van der Waals surface area (Å²) in [7, 11) is 0. The molecule has 168 valence electrons. The van der Waals surface area contributed by atoms with Crippen molar-refractivity contribution in [3.8, 4) is 0 Å². The average Bonchev–Trinajstić information content (AvgIpc) is 3.32. The maximum absolute atomic E-state index is 12.9. The average molecular weight is 640 g/mol. The number of carbonyl (C=O) groups excluding carboxylic acids is 3. The van der Waals surface area contributed by atoms with Gasteiger partial charge in [-0.15, -0.1) is 0 Å². The van der Waals surface area contributed by atoms with Crippen molar-refractivity contribution >= 4 is 82.8 Å². The summed E-state index contributed by atoms with van der Waals surface area (Å²) in [5, 5.41) is 3.46. The second-order valence-corrected chi connectivity index (χ2v) is 12.1. The number of rotatable bonds is 7. The number of nitrogens with zero attached hydrogens (tertiary/aromatic N) is 1. The van der Waals surface area contributed by atoms with Crippen LogP contribution in [0, 0.1) is 30.6 Å². The molecule has 0 unspecified atom stereocenters. The van der Waals surface area contributed by atoms with Crippen molar-refractivity contribution in [2.75, 3.05) is 11.9 Å². The minimum Gasteiger partial charge on any atom is -0.326 e. The molecular formula is C22H24Br3ClN2O3. The molecule has 2 aliphatic carbocycles. The van der Waals surface area contributed by atoms with Crippen molar-refractivity contribution in [2.45, 2.75) is 48.7 Å². The van der Waals surface area contributed by atoms with Crippen LogP contribution in [0.1, 0.15) is 37.7 Å². The number of benzene rings is 1. The summed E-state index contributed by atoms with van der Waals surface area (Å²) in [5.41, 5.74) is 1.65. The molecule has 6 atom stereocenters. The first-order valence-corrected chi connectivity index (χ1v) is 13.6. The Labute approximate surface area is 212 Å². The largest absolute Gasteiger partial charge is 0.326 e. The Morgan fingerprint density at radius 3 is 2.32 bits per heavy atom. The maximum atomic E-state index is 12.9. The topological polar surface area (TPSA) is 66.5 Å². The predicted octanol–water partition coefficient (Wildman–Crippen LogP) is 5.69. The van der Waals surface area contributed by atoms with Crippen LogP contribution in [0.2, 0.25) is 5.02 Å². The molecule has 1 aromatic carbocycles. The number of nitrogens with one attached hydrogen (secondary N) is 1. The number of halogens is 4. The third-order valence-electron chi connectivity index (χ3n) is 6.91. The molecule has 2 bridgehead atoms. The lowest BCUT2D eigenvalue weighted by Gasteiger charge is -2.28. The number of fused-ring (bicyclic) bond motifs is 5. The van der Waals surface area contributed by atoms with E-state index < -0.39 is 0 Å². The minimum absolute atomic E-state index is 0.00619. The summed E-state index contributed by atoms with van der Waals surface area (Å²) in [6.45, 7) is 2.37. The first-order chi connectivity index (χ1) is 14.7. The fraction of sp³-hybridized carbons (Fsp3) is 0.591. The molecule has 1 saturated heterocycles. The van der Waals surface area contributed by atoms with Gasteiger partial charge >= 0.3 is 0 Å². The van der Waals surface area contributed by atoms with E-state index in [0.29, 0.717) is 30.1 Å². The third kappa shape index (κ3) is 4.38. The lowest BCUT2D eigenvalue weighted by atomic mass is 9.81. The molecular weight excluding hydrogens is 615 g/mol. The van der Waals surface area contributed by atoms with Crippen LogP contribution >= 0.6 is 59.4 Å². The molecule has 0 spiro atoms. The predicted molar refractivity (Wildman–Crippen MR) is 132 cm³/mol. The number of hydrogen-bond donors (Lipinski definition) is 1. The SMILES string of the molecule is Cc1cc(Br)c(Cl)cc1NC(=O)CCCCCN1C(=O)[C@@H]2[C@@H]3C[C@H]([C@H](Br)[C@@H]3Br)[C@@H]2C1=O. The van der Waals surface area contributed by atoms with E-state index in [4.69, 9.17) is 11.6 Å². The molecule has 9 heteroatoms. The Morgan fingerprint density at radius 1 is 1.10 bits per heavy atom. The second-order valence-electron chi connectivity index (χ2n) is 8.77. The zero-order valence-electron chi connectivity index (χ0n) is 17.0. The van der Waals surface area contributed by atoms with Gasteiger partial charge in [-0.25, -0.2) is 0 Å². The van der Waals surface area contributed by atoms with Gasteiger partial charge in [-0.1, -0.05) is 49.9 Å². The Morgan fingerprint density at radius 2 is 1.71 bits per heavy atom. The van der Waals surface area contributed by atoms with E-state index >= 15 is 0 Å². The number of hydrogen-bond acceptors (Lipinski definition) is 3. The van der Waals surface area contributed by atoms with Gasteiger partial charge in [0.2, 0.25) is 17.7 Å². The highest BCUT2D eigenvalue weighted by Gasteiger charge is 2.66. The smallest absolute Gasteiger partial charge is 0.233 e. The van der Waals surface area contributed by atoms with Gasteiger partial charge in [-0.05, 0) is 71.6 Å². The number of aryl methyl sites for hydroxylation is 1. The van der Waals surface area contributed by atoms with Gasteiger partial charge in [0.15, 0.2) is 0 Å². The van der Waals surface area contributed by atoms with Crippen LogP contribution in [0.15, 0.2) is 16.6 Å². The molecule has 3 amide bonds. The fourth-order valence-corrected chi connectivity index (χ4v) is 7.85. The molecule has 5 nitrogen and oxygen atoms in total. The summed E-state index contributed by atoms with van der Waals surface area (Å²) in [5.74, 6) is 0.149. The number of amides is 3. The standard InChI is InChI=1S/C22H24Br3ClN2O3/c1-10-7-13(23)14(26)9-15(10)27-16(29)5-3-2-4-6-28-21(30)17-11-8-12(18(17)22(28)31)20(25)19(11)24/h7,9,11-12,17-20H,2-6,8H2,1H3,(H,27,29)/t11-,12-,17-,18+,19-,20+/m0/s1. The van der Waals surface area contributed by atoms with Crippen molar-refractivity contribution < 1.29 is 14.4 Å². The lowest BCUT2D eigenvalue weighted by Crippen LogP contribution is -2.37. The molecule has 1 aliphatic heterocycles. The molecule has 1 aromatic rings. The summed E-state index contributed by atoms with van der Waals surface area (Å²) in [6, 6.07) is 3.61. The lowest BCUT2D eigenvalue weighted by molar-refractivity contribution is -0.140. The second kappa shape index (κ2) is 9.43. The number of unbranched alkanes of at least 4 members (excludes halogenated alkanes) is 2. The fourth-order valence-electron chi connectivity index (χ4n) is 5.36. The van der Waals surface area contributed by atoms with Crippen LogP contribution in [0.4, 0.5) is 5.69 Å². The molecule has 1 N–H and O–H groups in total. The maximum Gasteiger partial charge on any atom is 0.233 e. The molecule has 3 aliphatic rings. The first kappa shape index (κ1) is 23.7. The van der Waals surface area contributed by atoms with E-state index in [-0.39, 0.29) is 51.0 Å². The Hall–Kier alpha value is -0.440. The van der Waals surface area contributed by atoms with E-state index in [0.717, 1.165) is 29.3 Å². The van der Waals surface area contributed by atoms with E-state index in [9.17, 15) is 14.4 Å². The normalized spacial score (nSPS) is 31.5. The van der Waals surface area contributed by atoms with Crippen molar-refractivity contribution in [3.63, 3.8) is 0 Å². The number of carbonyl (C=O) groups is 3. The number of alkyl halides is 2. The van der Waals surface area contributed by atoms with E-state index in [1.54, 1.807) is 6.07 Å².